The lowest BCUT2D eigenvalue weighted by Crippen LogP contribution is -2.38. The molecule has 3 aromatic heterocycles. The lowest BCUT2D eigenvalue weighted by molar-refractivity contribution is -0.0278. The molecule has 2 aliphatic rings. The van der Waals surface area contributed by atoms with Gasteiger partial charge in [-0.1, -0.05) is 17.7 Å². The van der Waals surface area contributed by atoms with Crippen molar-refractivity contribution >= 4 is 45.8 Å². The molecule has 0 bridgehead atoms. The average Bonchev–Trinajstić information content (AvgIpc) is 3.17. The van der Waals surface area contributed by atoms with Crippen molar-refractivity contribution < 1.29 is 32.2 Å². The number of carbonyl (C=O) groups is 1. The normalized spacial score (nSPS) is 19.2. The highest BCUT2D eigenvalue weighted by Gasteiger charge is 2.86. The molecular weight excluding hydrogens is 556 g/mol. The van der Waals surface area contributed by atoms with Gasteiger partial charge in [-0.25, -0.2) is 19.7 Å². The minimum absolute atomic E-state index is 0.0257. The number of fused-ring (bicyclic) bond motifs is 3. The van der Waals surface area contributed by atoms with Gasteiger partial charge in [0.2, 0.25) is 5.95 Å². The number of benzene rings is 1. The fourth-order valence-corrected chi connectivity index (χ4v) is 5.34. The SMILES string of the molecule is Cc1cc([C@@H](C)Nc2ccc(Cl)nc2C(=O)O)c2nc(N3CCOCC3)n3cc(C4C(F)(F)C4(F)F)nc3c2c1. The van der Waals surface area contributed by atoms with Gasteiger partial charge >= 0.3 is 17.8 Å². The number of carboxylic acid groups (broad SMARTS) is 1. The predicted molar refractivity (Wildman–Crippen MR) is 139 cm³/mol. The van der Waals surface area contributed by atoms with Crippen LogP contribution in [0.2, 0.25) is 5.15 Å². The van der Waals surface area contributed by atoms with E-state index in [-0.39, 0.29) is 22.2 Å². The van der Waals surface area contributed by atoms with Crippen LogP contribution in [0.5, 0.6) is 0 Å². The maximum Gasteiger partial charge on any atom is 0.356 e. The number of nitrogens with zero attached hydrogens (tertiary/aromatic N) is 5. The number of anilines is 2. The molecule has 1 saturated carbocycles. The Bertz CT molecular complexity index is 1660. The summed E-state index contributed by atoms with van der Waals surface area (Å²) in [4.78, 5) is 26.8. The van der Waals surface area contributed by atoms with E-state index < -0.39 is 35.5 Å². The highest BCUT2D eigenvalue weighted by Crippen LogP contribution is 2.67. The molecule has 1 saturated heterocycles. The monoisotopic (exact) mass is 578 g/mol. The van der Waals surface area contributed by atoms with Crippen molar-refractivity contribution in [3.8, 4) is 0 Å². The molecule has 9 nitrogen and oxygen atoms in total. The third-order valence-electron chi connectivity index (χ3n) is 7.25. The summed E-state index contributed by atoms with van der Waals surface area (Å²) in [5, 5.41) is 13.3. The number of aromatic carboxylic acids is 1. The van der Waals surface area contributed by atoms with Gasteiger partial charge < -0.3 is 20.1 Å². The Morgan fingerprint density at radius 1 is 1.15 bits per heavy atom. The number of aromatic nitrogens is 4. The van der Waals surface area contributed by atoms with E-state index in [1.54, 1.807) is 13.0 Å². The Balaban J connectivity index is 1.53. The fourth-order valence-electron chi connectivity index (χ4n) is 5.19. The number of rotatable bonds is 6. The van der Waals surface area contributed by atoms with Crippen molar-refractivity contribution in [2.45, 2.75) is 37.7 Å². The van der Waals surface area contributed by atoms with Crippen molar-refractivity contribution in [2.24, 2.45) is 0 Å². The summed E-state index contributed by atoms with van der Waals surface area (Å²) in [6.45, 7) is 5.33. The van der Waals surface area contributed by atoms with E-state index in [0.717, 1.165) is 5.56 Å². The van der Waals surface area contributed by atoms with Crippen LogP contribution in [0.1, 0.15) is 46.2 Å². The minimum atomic E-state index is -4.18. The summed E-state index contributed by atoms with van der Waals surface area (Å²) in [7, 11) is 0. The maximum atomic E-state index is 14.0. The van der Waals surface area contributed by atoms with Gasteiger partial charge in [0.1, 0.15) is 16.7 Å². The van der Waals surface area contributed by atoms with Crippen LogP contribution in [0, 0.1) is 6.92 Å². The second-order valence-corrected chi connectivity index (χ2v) is 10.4. The Hall–Kier alpha value is -3.71. The van der Waals surface area contributed by atoms with Crippen LogP contribution < -0.4 is 10.2 Å². The number of pyridine rings is 1. The quantitative estimate of drug-likeness (QED) is 0.234. The zero-order valence-electron chi connectivity index (χ0n) is 21.3. The Labute approximate surface area is 229 Å². The number of morpholine rings is 1. The fraction of sp³-hybridized carbons (Fsp3) is 0.385. The van der Waals surface area contributed by atoms with Crippen molar-refractivity contribution in [2.75, 3.05) is 36.5 Å². The van der Waals surface area contributed by atoms with Crippen LogP contribution in [0.15, 0.2) is 30.5 Å². The number of carboxylic acids is 1. The largest absolute Gasteiger partial charge is 0.476 e. The molecule has 0 amide bonds. The second-order valence-electron chi connectivity index (χ2n) is 10.0. The van der Waals surface area contributed by atoms with Gasteiger partial charge in [-0.15, -0.1) is 0 Å². The highest BCUT2D eigenvalue weighted by atomic mass is 35.5. The molecule has 2 N–H and O–H groups in total. The number of hydrogen-bond acceptors (Lipinski definition) is 7. The molecule has 2 fully saturated rings. The van der Waals surface area contributed by atoms with E-state index >= 15 is 0 Å². The molecule has 0 radical (unpaired) electrons. The molecule has 4 aromatic rings. The molecule has 6 rings (SSSR count). The molecule has 1 atom stereocenters. The summed E-state index contributed by atoms with van der Waals surface area (Å²) < 4.78 is 63.0. The van der Waals surface area contributed by atoms with Crippen molar-refractivity contribution in [1.29, 1.82) is 0 Å². The average molecular weight is 579 g/mol. The van der Waals surface area contributed by atoms with E-state index in [9.17, 15) is 27.5 Å². The first-order chi connectivity index (χ1) is 18.9. The summed E-state index contributed by atoms with van der Waals surface area (Å²) >= 11 is 5.90. The molecule has 1 aliphatic heterocycles. The molecule has 4 heterocycles. The van der Waals surface area contributed by atoms with Gasteiger partial charge in [0.15, 0.2) is 5.69 Å². The van der Waals surface area contributed by atoms with Crippen molar-refractivity contribution in [3.63, 3.8) is 0 Å². The van der Waals surface area contributed by atoms with Crippen molar-refractivity contribution in [1.82, 2.24) is 19.4 Å². The van der Waals surface area contributed by atoms with E-state index in [4.69, 9.17) is 21.3 Å². The van der Waals surface area contributed by atoms with Crippen LogP contribution in [-0.4, -0.2) is 68.6 Å². The zero-order chi connectivity index (χ0) is 28.6. The number of halogens is 5. The summed E-state index contributed by atoms with van der Waals surface area (Å²) in [6.07, 6.45) is 1.22. The maximum absolute atomic E-state index is 14.0. The van der Waals surface area contributed by atoms with Gasteiger partial charge in [0.25, 0.3) is 0 Å². The first-order valence-electron chi connectivity index (χ1n) is 12.5. The molecular formula is C26H23ClF4N6O3. The predicted octanol–water partition coefficient (Wildman–Crippen LogP) is 5.32. The third-order valence-corrected chi connectivity index (χ3v) is 7.47. The Kier molecular flexibility index (Phi) is 6.07. The van der Waals surface area contributed by atoms with Gasteiger partial charge in [-0.2, -0.15) is 17.6 Å². The van der Waals surface area contributed by atoms with Crippen molar-refractivity contribution in [3.05, 3.63) is 58.1 Å². The summed E-state index contributed by atoms with van der Waals surface area (Å²) in [5.41, 5.74) is 1.68. The van der Waals surface area contributed by atoms with Crippen LogP contribution in [-0.2, 0) is 4.74 Å². The number of imidazole rings is 1. The molecule has 1 aliphatic carbocycles. The minimum Gasteiger partial charge on any atom is -0.476 e. The van der Waals surface area contributed by atoms with E-state index in [0.29, 0.717) is 48.7 Å². The highest BCUT2D eigenvalue weighted by molar-refractivity contribution is 6.29. The first-order valence-corrected chi connectivity index (χ1v) is 12.9. The number of aryl methyl sites for hydroxylation is 1. The molecule has 0 spiro atoms. The first kappa shape index (κ1) is 26.5. The summed E-state index contributed by atoms with van der Waals surface area (Å²) in [6, 6.07) is 6.09. The van der Waals surface area contributed by atoms with Gasteiger partial charge in [0, 0.05) is 30.2 Å². The summed E-state index contributed by atoms with van der Waals surface area (Å²) in [5.74, 6) is -11.6. The molecule has 1 aromatic carbocycles. The zero-order valence-corrected chi connectivity index (χ0v) is 22.0. The standard InChI is InChI=1S/C26H23ClF4N6O3/c1-12-9-14(13(2)32-16-3-4-18(27)34-20(16)23(38)39)19-15(10-12)22-33-17(21-25(28,29)26(21,30)31)11-37(22)24(35-19)36-5-7-40-8-6-36/h3-4,9-11,13,21,32H,5-8H2,1-2H3,(H,38,39)/t13-/m1/s1. The van der Waals surface area contributed by atoms with Gasteiger partial charge in [-0.05, 0) is 37.6 Å². The lowest BCUT2D eigenvalue weighted by Gasteiger charge is -2.29. The smallest absolute Gasteiger partial charge is 0.356 e. The number of nitrogens with one attached hydrogen (secondary N) is 1. The van der Waals surface area contributed by atoms with E-state index in [2.05, 4.69) is 15.3 Å². The van der Waals surface area contributed by atoms with Crippen LogP contribution in [0.25, 0.3) is 16.6 Å². The Morgan fingerprint density at radius 2 is 1.85 bits per heavy atom. The van der Waals surface area contributed by atoms with Crippen LogP contribution >= 0.6 is 11.6 Å². The molecule has 0 unspecified atom stereocenters. The molecule has 40 heavy (non-hydrogen) atoms. The van der Waals surface area contributed by atoms with Gasteiger partial charge in [-0.3, -0.25) is 4.40 Å². The third kappa shape index (κ3) is 4.10. The lowest BCUT2D eigenvalue weighted by atomic mass is 10.0. The number of hydrogen-bond donors (Lipinski definition) is 2. The molecule has 14 heteroatoms. The number of ether oxygens (including phenoxy) is 1. The second kappa shape index (κ2) is 9.16. The van der Waals surface area contributed by atoms with Crippen LogP contribution in [0.4, 0.5) is 29.2 Å². The topological polar surface area (TPSA) is 105 Å². The van der Waals surface area contributed by atoms with E-state index in [1.807, 2.05) is 17.9 Å². The molecule has 210 valence electrons. The van der Waals surface area contributed by atoms with E-state index in [1.165, 1.54) is 22.7 Å². The van der Waals surface area contributed by atoms with Gasteiger partial charge in [0.05, 0.1) is 36.2 Å². The van der Waals surface area contributed by atoms with Crippen LogP contribution in [0.3, 0.4) is 0 Å². The number of alkyl halides is 4. The Morgan fingerprint density at radius 3 is 2.50 bits per heavy atom.